The van der Waals surface area contributed by atoms with Gasteiger partial charge in [0, 0.05) is 12.4 Å². The van der Waals surface area contributed by atoms with Gasteiger partial charge in [-0.25, -0.2) is 0 Å². The van der Waals surface area contributed by atoms with Crippen LogP contribution in [0.15, 0.2) is 42.7 Å². The van der Waals surface area contributed by atoms with Gasteiger partial charge in [-0.05, 0) is 60.8 Å². The minimum atomic E-state index is -0.315. The van der Waals surface area contributed by atoms with Crippen LogP contribution in [0.4, 0.5) is 4.70 Å². The lowest BCUT2D eigenvalue weighted by Gasteiger charge is -2.19. The number of hydrogen-bond acceptors (Lipinski definition) is 7. The molecule has 31 heavy (non-hydrogen) atoms. The molecule has 0 aliphatic heterocycles. The Morgan fingerprint density at radius 1 is 0.968 bits per heavy atom. The van der Waals surface area contributed by atoms with Gasteiger partial charge in [-0.2, -0.15) is 0 Å². The lowest BCUT2D eigenvalue weighted by Crippen LogP contribution is -2.24. The van der Waals surface area contributed by atoms with Crippen molar-refractivity contribution in [1.82, 2.24) is 9.97 Å². The van der Waals surface area contributed by atoms with Crippen molar-refractivity contribution in [2.75, 3.05) is 20.3 Å². The van der Waals surface area contributed by atoms with Gasteiger partial charge in [0.05, 0.1) is 24.8 Å². The Morgan fingerprint density at radius 3 is 2.52 bits per heavy atom. The van der Waals surface area contributed by atoms with Crippen LogP contribution < -0.4 is 15.2 Å². The van der Waals surface area contributed by atoms with Gasteiger partial charge < -0.3 is 15.2 Å². The topological polar surface area (TPSA) is 104 Å². The van der Waals surface area contributed by atoms with Crippen LogP contribution in [0.25, 0.3) is 11.1 Å². The maximum absolute atomic E-state index is 13.2. The first-order valence-electron chi connectivity index (χ1n) is 9.61. The molecule has 2 heterocycles. The van der Waals surface area contributed by atoms with E-state index >= 15 is 0 Å². The van der Waals surface area contributed by atoms with Crippen molar-refractivity contribution in [3.63, 3.8) is 0 Å². The zero-order valence-corrected chi connectivity index (χ0v) is 17.2. The SMILES string of the molecule is COc1cc(-c2ccnc3c2C(=O)c2ncc(C)cc2C3=O)ccc1OCCCN.F. The van der Waals surface area contributed by atoms with Gasteiger partial charge in [0.2, 0.25) is 11.6 Å². The number of pyridine rings is 2. The highest BCUT2D eigenvalue weighted by Gasteiger charge is 2.34. The molecule has 4 rings (SSSR count). The van der Waals surface area contributed by atoms with Crippen LogP contribution in [0.5, 0.6) is 11.5 Å². The zero-order chi connectivity index (χ0) is 21.3. The highest BCUT2D eigenvalue weighted by molar-refractivity contribution is 6.28. The van der Waals surface area contributed by atoms with Gasteiger partial charge in [0.15, 0.2) is 11.5 Å². The third-order valence-electron chi connectivity index (χ3n) is 4.96. The maximum Gasteiger partial charge on any atom is 0.215 e. The molecule has 0 fully saturated rings. The number of ether oxygens (including phenoxy) is 2. The number of rotatable bonds is 6. The molecule has 160 valence electrons. The third-order valence-corrected chi connectivity index (χ3v) is 4.96. The summed E-state index contributed by atoms with van der Waals surface area (Å²) in [5.41, 5.74) is 8.47. The zero-order valence-electron chi connectivity index (χ0n) is 17.2. The highest BCUT2D eigenvalue weighted by Crippen LogP contribution is 2.37. The number of carbonyl (C=O) groups excluding carboxylic acids is 2. The summed E-state index contributed by atoms with van der Waals surface area (Å²) in [7, 11) is 1.55. The fraction of sp³-hybridized carbons (Fsp3) is 0.217. The number of ketones is 2. The van der Waals surface area contributed by atoms with Crippen molar-refractivity contribution in [2.24, 2.45) is 5.73 Å². The van der Waals surface area contributed by atoms with Crippen LogP contribution in [0.2, 0.25) is 0 Å². The van der Waals surface area contributed by atoms with Gasteiger partial charge in [0.25, 0.3) is 0 Å². The summed E-state index contributed by atoms with van der Waals surface area (Å²) in [5, 5.41) is 0. The first kappa shape index (κ1) is 22.0. The average Bonchev–Trinajstić information content (AvgIpc) is 2.77. The van der Waals surface area contributed by atoms with Crippen molar-refractivity contribution in [3.05, 3.63) is 70.8 Å². The maximum atomic E-state index is 13.2. The van der Waals surface area contributed by atoms with E-state index in [4.69, 9.17) is 15.2 Å². The minimum absolute atomic E-state index is 0. The van der Waals surface area contributed by atoms with Gasteiger partial charge in [0.1, 0.15) is 11.4 Å². The van der Waals surface area contributed by atoms with Crippen LogP contribution >= 0.6 is 0 Å². The second kappa shape index (κ2) is 9.01. The molecule has 8 heteroatoms. The number of halogens is 1. The molecule has 0 spiro atoms. The summed E-state index contributed by atoms with van der Waals surface area (Å²) >= 11 is 0. The van der Waals surface area contributed by atoms with E-state index in [-0.39, 0.29) is 33.2 Å². The Hall–Kier alpha value is -3.65. The van der Waals surface area contributed by atoms with E-state index in [0.29, 0.717) is 41.3 Å². The fourth-order valence-corrected chi connectivity index (χ4v) is 3.49. The molecule has 1 aliphatic rings. The predicted molar refractivity (Wildman–Crippen MR) is 114 cm³/mol. The van der Waals surface area contributed by atoms with Crippen molar-refractivity contribution in [3.8, 4) is 22.6 Å². The van der Waals surface area contributed by atoms with Crippen LogP contribution in [0, 0.1) is 6.92 Å². The minimum Gasteiger partial charge on any atom is -0.493 e. The first-order valence-corrected chi connectivity index (χ1v) is 9.61. The second-order valence-electron chi connectivity index (χ2n) is 7.01. The number of nitrogens with zero attached hydrogens (tertiary/aromatic N) is 2. The summed E-state index contributed by atoms with van der Waals surface area (Å²) in [6.45, 7) is 2.84. The van der Waals surface area contributed by atoms with Gasteiger partial charge in [-0.15, -0.1) is 0 Å². The molecular weight excluding hydrogens is 401 g/mol. The van der Waals surface area contributed by atoms with Crippen molar-refractivity contribution in [1.29, 1.82) is 0 Å². The lowest BCUT2D eigenvalue weighted by molar-refractivity contribution is 0.0972. The molecule has 2 N–H and O–H groups in total. The molecule has 7 nitrogen and oxygen atoms in total. The quantitative estimate of drug-likeness (QED) is 0.475. The number of nitrogens with two attached hydrogens (primary N) is 1. The Balaban J connectivity index is 0.00000272. The lowest BCUT2D eigenvalue weighted by atomic mass is 9.85. The summed E-state index contributed by atoms with van der Waals surface area (Å²) in [5.74, 6) is 0.498. The molecule has 0 amide bonds. The van der Waals surface area contributed by atoms with Crippen LogP contribution in [0.3, 0.4) is 0 Å². The number of benzene rings is 1. The van der Waals surface area contributed by atoms with Crippen LogP contribution in [-0.2, 0) is 0 Å². The van der Waals surface area contributed by atoms with Gasteiger partial charge >= 0.3 is 0 Å². The smallest absolute Gasteiger partial charge is 0.215 e. The van der Waals surface area contributed by atoms with E-state index in [9.17, 15) is 9.59 Å². The molecule has 0 radical (unpaired) electrons. The first-order chi connectivity index (χ1) is 14.5. The second-order valence-corrected chi connectivity index (χ2v) is 7.01. The van der Waals surface area contributed by atoms with E-state index in [1.54, 1.807) is 37.6 Å². The van der Waals surface area contributed by atoms with Crippen LogP contribution in [0.1, 0.15) is 44.1 Å². The molecule has 0 unspecified atom stereocenters. The number of methoxy groups -OCH3 is 1. The van der Waals surface area contributed by atoms with Crippen molar-refractivity contribution < 1.29 is 23.8 Å². The van der Waals surface area contributed by atoms with Crippen molar-refractivity contribution >= 4 is 11.6 Å². The normalized spacial score (nSPS) is 12.0. The van der Waals surface area contributed by atoms with E-state index in [0.717, 1.165) is 12.0 Å². The monoisotopic (exact) mass is 423 g/mol. The molecule has 2 aromatic heterocycles. The highest BCUT2D eigenvalue weighted by atomic mass is 19.0. The summed E-state index contributed by atoms with van der Waals surface area (Å²) < 4.78 is 11.2. The molecule has 0 saturated heterocycles. The Morgan fingerprint density at radius 2 is 1.77 bits per heavy atom. The Bertz CT molecular complexity index is 1160. The Kier molecular flexibility index (Phi) is 6.41. The average molecular weight is 423 g/mol. The third kappa shape index (κ3) is 3.89. The van der Waals surface area contributed by atoms with E-state index in [1.165, 1.54) is 6.20 Å². The summed E-state index contributed by atoms with van der Waals surface area (Å²) in [6.07, 6.45) is 3.85. The largest absolute Gasteiger partial charge is 0.493 e. The summed E-state index contributed by atoms with van der Waals surface area (Å²) in [6, 6.07) is 8.78. The molecule has 1 aromatic carbocycles. The molecule has 0 saturated carbocycles. The number of aryl methyl sites for hydroxylation is 1. The van der Waals surface area contributed by atoms with Gasteiger partial charge in [-0.1, -0.05) is 6.07 Å². The van der Waals surface area contributed by atoms with Gasteiger partial charge in [-0.3, -0.25) is 24.3 Å². The predicted octanol–water partition coefficient (Wildman–Crippen LogP) is 3.12. The molecule has 0 atom stereocenters. The molecular formula is C23H22FN3O4. The summed E-state index contributed by atoms with van der Waals surface area (Å²) in [4.78, 5) is 34.7. The molecule has 1 aliphatic carbocycles. The van der Waals surface area contributed by atoms with Crippen LogP contribution in [-0.4, -0.2) is 41.8 Å². The number of fused-ring (bicyclic) bond motifs is 2. The molecule has 3 aromatic rings. The Labute approximate surface area is 178 Å². The van der Waals surface area contributed by atoms with E-state index in [1.807, 2.05) is 13.0 Å². The number of aromatic nitrogens is 2. The fourth-order valence-electron chi connectivity index (χ4n) is 3.49. The number of carbonyl (C=O) groups is 2. The standard InChI is InChI=1S/C23H21N3O4.FH/c1-13-10-16-20(26-12-13)23(28)19-15(6-8-25-21(19)22(16)27)14-4-5-17(18(11-14)29-2)30-9-3-7-24;/h4-6,8,10-12H,3,7,9,24H2,1-2H3;1H. The van der Waals surface area contributed by atoms with E-state index in [2.05, 4.69) is 9.97 Å². The van der Waals surface area contributed by atoms with Crippen molar-refractivity contribution in [2.45, 2.75) is 13.3 Å². The molecule has 0 bridgehead atoms. The van der Waals surface area contributed by atoms with E-state index < -0.39 is 0 Å². The number of hydrogen-bond donors (Lipinski definition) is 1.